The molecule has 0 saturated heterocycles. The molecule has 0 aromatic carbocycles. The fraction of sp³-hybridized carbons (Fsp3) is 0.857. The topological polar surface area (TPSA) is 47.6 Å². The maximum Gasteiger partial charge on any atom is 0.240 e. The maximum absolute atomic E-state index is 10.4. The van der Waals surface area contributed by atoms with Crippen molar-refractivity contribution in [2.75, 3.05) is 6.61 Å². The summed E-state index contributed by atoms with van der Waals surface area (Å²) in [5.41, 5.74) is 2.21. The molecule has 0 rings (SSSR count). The lowest BCUT2D eigenvalue weighted by Gasteiger charge is -2.23. The summed E-state index contributed by atoms with van der Waals surface area (Å²) in [6, 6.07) is 0. The van der Waals surface area contributed by atoms with E-state index in [1.807, 2.05) is 6.92 Å². The summed E-state index contributed by atoms with van der Waals surface area (Å²) in [6.07, 6.45) is 0. The predicted molar refractivity (Wildman–Crippen MR) is 40.6 cm³/mol. The third-order valence-electron chi connectivity index (χ3n) is 0.932. The van der Waals surface area contributed by atoms with Gasteiger partial charge < -0.3 is 4.74 Å². The lowest BCUT2D eigenvalue weighted by molar-refractivity contribution is -0.241. The lowest BCUT2D eigenvalue weighted by atomic mass is 10.4. The normalized spacial score (nSPS) is 11.3. The molecule has 0 aliphatic carbocycles. The zero-order valence-electron chi connectivity index (χ0n) is 7.43. The highest BCUT2D eigenvalue weighted by Gasteiger charge is 2.18. The number of carbonyl (C=O) groups excluding carboxylic acids is 1. The minimum atomic E-state index is -0.750. The van der Waals surface area contributed by atoms with E-state index in [0.717, 1.165) is 0 Å². The van der Waals surface area contributed by atoms with E-state index < -0.39 is 5.79 Å². The van der Waals surface area contributed by atoms with Crippen LogP contribution in [0.25, 0.3) is 0 Å². The van der Waals surface area contributed by atoms with Crippen LogP contribution in [0.15, 0.2) is 0 Å². The number of rotatable bonds is 4. The van der Waals surface area contributed by atoms with Crippen molar-refractivity contribution in [3.63, 3.8) is 0 Å². The molecule has 0 atom stereocenters. The third-order valence-corrected chi connectivity index (χ3v) is 0.932. The van der Waals surface area contributed by atoms with E-state index in [1.54, 1.807) is 13.8 Å². The van der Waals surface area contributed by atoms with Crippen molar-refractivity contribution in [1.82, 2.24) is 5.48 Å². The number of carbonyl (C=O) groups is 1. The summed E-state index contributed by atoms with van der Waals surface area (Å²) in [5.74, 6) is -0.988. The van der Waals surface area contributed by atoms with Gasteiger partial charge in [0, 0.05) is 13.5 Å². The van der Waals surface area contributed by atoms with Crippen LogP contribution < -0.4 is 5.48 Å². The Kier molecular flexibility index (Phi) is 4.07. The molecule has 0 heterocycles. The molecule has 0 radical (unpaired) electrons. The van der Waals surface area contributed by atoms with Gasteiger partial charge in [0.2, 0.25) is 5.91 Å². The second-order valence-electron chi connectivity index (χ2n) is 2.59. The van der Waals surface area contributed by atoms with Crippen molar-refractivity contribution >= 4 is 5.91 Å². The van der Waals surface area contributed by atoms with Crippen LogP contribution in [0.1, 0.15) is 27.7 Å². The molecule has 0 aromatic rings. The van der Waals surface area contributed by atoms with Crippen molar-refractivity contribution in [2.45, 2.75) is 33.5 Å². The highest BCUT2D eigenvalue weighted by atomic mass is 16.8. The van der Waals surface area contributed by atoms with E-state index in [1.165, 1.54) is 6.92 Å². The van der Waals surface area contributed by atoms with Crippen molar-refractivity contribution in [3.8, 4) is 0 Å². The number of ether oxygens (including phenoxy) is 1. The number of hydroxylamine groups is 1. The molecule has 0 fully saturated rings. The molecule has 0 unspecified atom stereocenters. The summed E-state index contributed by atoms with van der Waals surface area (Å²) >= 11 is 0. The minimum absolute atomic E-state index is 0.238. The van der Waals surface area contributed by atoms with Crippen LogP contribution >= 0.6 is 0 Å². The molecule has 0 spiro atoms. The molecule has 0 aliphatic heterocycles. The molecular formula is C7H15NO3. The number of hydrogen-bond acceptors (Lipinski definition) is 3. The fourth-order valence-corrected chi connectivity index (χ4v) is 0.572. The van der Waals surface area contributed by atoms with E-state index in [0.29, 0.717) is 6.61 Å². The van der Waals surface area contributed by atoms with Gasteiger partial charge in [0.1, 0.15) is 0 Å². The summed E-state index contributed by atoms with van der Waals surface area (Å²) in [6.45, 7) is 7.24. The molecule has 0 aliphatic rings. The van der Waals surface area contributed by atoms with Crippen LogP contribution in [-0.2, 0) is 14.4 Å². The zero-order chi connectivity index (χ0) is 8.91. The minimum Gasteiger partial charge on any atom is -0.349 e. The second-order valence-corrected chi connectivity index (χ2v) is 2.59. The Bertz CT molecular complexity index is 134. The molecule has 0 saturated carbocycles. The predicted octanol–water partition coefficient (Wildman–Crippen LogP) is 0.827. The Morgan fingerprint density at radius 2 is 2.09 bits per heavy atom. The molecule has 4 heteroatoms. The first-order chi connectivity index (χ1) is 4.98. The first-order valence-electron chi connectivity index (χ1n) is 3.56. The Labute approximate surface area is 66.8 Å². The maximum atomic E-state index is 10.4. The van der Waals surface area contributed by atoms with Gasteiger partial charge in [0.05, 0.1) is 0 Å². The lowest BCUT2D eigenvalue weighted by Crippen LogP contribution is -2.37. The summed E-state index contributed by atoms with van der Waals surface area (Å²) < 4.78 is 5.14. The number of hydrogen-bond donors (Lipinski definition) is 1. The first kappa shape index (κ1) is 10.4. The molecule has 0 bridgehead atoms. The first-order valence-corrected chi connectivity index (χ1v) is 3.56. The Morgan fingerprint density at radius 3 is 2.45 bits per heavy atom. The van der Waals surface area contributed by atoms with Crippen LogP contribution in [0.5, 0.6) is 0 Å². The van der Waals surface area contributed by atoms with Gasteiger partial charge in [-0.3, -0.25) is 4.79 Å². The molecule has 11 heavy (non-hydrogen) atoms. The van der Waals surface area contributed by atoms with E-state index in [4.69, 9.17) is 9.57 Å². The highest BCUT2D eigenvalue weighted by Crippen LogP contribution is 2.07. The summed E-state index contributed by atoms with van der Waals surface area (Å²) in [4.78, 5) is 15.3. The van der Waals surface area contributed by atoms with E-state index in [-0.39, 0.29) is 5.91 Å². The average Bonchev–Trinajstić information content (AvgIpc) is 1.84. The second kappa shape index (κ2) is 4.31. The van der Waals surface area contributed by atoms with E-state index in [9.17, 15) is 4.79 Å². The third kappa shape index (κ3) is 5.82. The quantitative estimate of drug-likeness (QED) is 0.490. The van der Waals surface area contributed by atoms with Gasteiger partial charge >= 0.3 is 0 Å². The molecule has 0 aromatic heterocycles. The SMILES string of the molecule is CCOC(C)(C)ONC(C)=O. The average molecular weight is 161 g/mol. The summed E-state index contributed by atoms with van der Waals surface area (Å²) in [5, 5.41) is 0. The largest absolute Gasteiger partial charge is 0.349 e. The Balaban J connectivity index is 3.63. The standard InChI is InChI=1S/C7H15NO3/c1-5-10-7(3,4)11-8-6(2)9/h5H2,1-4H3,(H,8,9). The van der Waals surface area contributed by atoms with Crippen molar-refractivity contribution in [2.24, 2.45) is 0 Å². The molecule has 1 N–H and O–H groups in total. The van der Waals surface area contributed by atoms with Crippen molar-refractivity contribution in [1.29, 1.82) is 0 Å². The number of nitrogens with one attached hydrogen (secondary N) is 1. The molecule has 66 valence electrons. The van der Waals surface area contributed by atoms with Gasteiger partial charge in [-0.15, -0.1) is 0 Å². The van der Waals surface area contributed by atoms with Gasteiger partial charge in [-0.25, -0.2) is 10.3 Å². The van der Waals surface area contributed by atoms with Gasteiger partial charge in [0.15, 0.2) is 5.79 Å². The highest BCUT2D eigenvalue weighted by molar-refractivity contribution is 5.71. The van der Waals surface area contributed by atoms with Crippen LogP contribution in [0.4, 0.5) is 0 Å². The molecular weight excluding hydrogens is 146 g/mol. The van der Waals surface area contributed by atoms with Gasteiger partial charge in [0.25, 0.3) is 0 Å². The number of amides is 1. The van der Waals surface area contributed by atoms with Gasteiger partial charge in [-0.05, 0) is 20.8 Å². The smallest absolute Gasteiger partial charge is 0.240 e. The molecule has 1 amide bonds. The van der Waals surface area contributed by atoms with Crippen LogP contribution in [0.3, 0.4) is 0 Å². The van der Waals surface area contributed by atoms with Crippen LogP contribution in [0, 0.1) is 0 Å². The summed E-state index contributed by atoms with van der Waals surface area (Å²) in [7, 11) is 0. The zero-order valence-corrected chi connectivity index (χ0v) is 7.43. The van der Waals surface area contributed by atoms with E-state index in [2.05, 4.69) is 5.48 Å². The monoisotopic (exact) mass is 161 g/mol. The van der Waals surface area contributed by atoms with Gasteiger partial charge in [-0.1, -0.05) is 0 Å². The van der Waals surface area contributed by atoms with Crippen molar-refractivity contribution < 1.29 is 14.4 Å². The van der Waals surface area contributed by atoms with Gasteiger partial charge in [-0.2, -0.15) is 0 Å². The van der Waals surface area contributed by atoms with Crippen LogP contribution in [-0.4, -0.2) is 18.3 Å². The van der Waals surface area contributed by atoms with E-state index >= 15 is 0 Å². The van der Waals surface area contributed by atoms with Crippen molar-refractivity contribution in [3.05, 3.63) is 0 Å². The Hall–Kier alpha value is -0.610. The van der Waals surface area contributed by atoms with Crippen LogP contribution in [0.2, 0.25) is 0 Å². The fourth-order valence-electron chi connectivity index (χ4n) is 0.572. The molecule has 4 nitrogen and oxygen atoms in total. The Morgan fingerprint density at radius 1 is 1.55 bits per heavy atom.